The van der Waals surface area contributed by atoms with Crippen molar-refractivity contribution >= 4 is 17.8 Å². The number of benzene rings is 2. The fraction of sp³-hybridized carbons (Fsp3) is 0.444. The van der Waals surface area contributed by atoms with Gasteiger partial charge in [-0.1, -0.05) is 60.2 Å². The van der Waals surface area contributed by atoms with Gasteiger partial charge in [-0.05, 0) is 24.5 Å². The summed E-state index contributed by atoms with van der Waals surface area (Å²) in [5, 5.41) is 3.03. The van der Waals surface area contributed by atoms with Crippen LogP contribution < -0.4 is 5.32 Å². The number of piperidine rings is 1. The van der Waals surface area contributed by atoms with E-state index in [4.69, 9.17) is 0 Å². The highest BCUT2D eigenvalue weighted by Crippen LogP contribution is 2.32. The second-order valence-electron chi connectivity index (χ2n) is 9.42. The molecule has 2 unspecified atom stereocenters. The molecule has 7 nitrogen and oxygen atoms in total. The van der Waals surface area contributed by atoms with Crippen LogP contribution in [0, 0.1) is 12.8 Å². The van der Waals surface area contributed by atoms with E-state index in [0.29, 0.717) is 45.8 Å². The largest absolute Gasteiger partial charge is 0.339 e. The number of piperazine rings is 1. The van der Waals surface area contributed by atoms with Crippen molar-refractivity contribution < 1.29 is 14.4 Å². The Bertz CT molecular complexity index is 1020. The zero-order chi connectivity index (χ0) is 24.1. The lowest BCUT2D eigenvalue weighted by atomic mass is 9.83. The summed E-state index contributed by atoms with van der Waals surface area (Å²) < 4.78 is 0. The van der Waals surface area contributed by atoms with Gasteiger partial charge < -0.3 is 20.0 Å². The second-order valence-corrected chi connectivity index (χ2v) is 9.42. The molecule has 4 rings (SSSR count). The molecule has 34 heavy (non-hydrogen) atoms. The van der Waals surface area contributed by atoms with E-state index in [9.17, 15) is 14.4 Å². The summed E-state index contributed by atoms with van der Waals surface area (Å²) in [5.41, 5.74) is 3.38. The lowest BCUT2D eigenvalue weighted by molar-refractivity contribution is -0.142. The number of likely N-dealkylation sites (tertiary alicyclic amines) is 1. The van der Waals surface area contributed by atoms with Gasteiger partial charge in [0.1, 0.15) is 0 Å². The van der Waals surface area contributed by atoms with Gasteiger partial charge in [0.25, 0.3) is 0 Å². The molecule has 0 radical (unpaired) electrons. The summed E-state index contributed by atoms with van der Waals surface area (Å²) in [5.74, 6) is -0.0267. The van der Waals surface area contributed by atoms with Crippen LogP contribution in [0.4, 0.5) is 4.79 Å². The van der Waals surface area contributed by atoms with Crippen LogP contribution in [0.2, 0.25) is 0 Å². The molecule has 2 aromatic rings. The van der Waals surface area contributed by atoms with Crippen molar-refractivity contribution in [3.63, 3.8) is 0 Å². The fourth-order valence-corrected chi connectivity index (χ4v) is 4.99. The summed E-state index contributed by atoms with van der Waals surface area (Å²) in [6, 6.07) is 18.0. The van der Waals surface area contributed by atoms with Crippen molar-refractivity contribution in [3.8, 4) is 0 Å². The number of rotatable bonds is 4. The van der Waals surface area contributed by atoms with Crippen molar-refractivity contribution in [1.29, 1.82) is 0 Å². The number of hydrogen-bond acceptors (Lipinski definition) is 3. The summed E-state index contributed by atoms with van der Waals surface area (Å²) >= 11 is 0. The van der Waals surface area contributed by atoms with E-state index in [-0.39, 0.29) is 29.7 Å². The standard InChI is InChI=1S/C27H34N4O3/c1-20-7-6-10-23(15-20)24-16-25(26(33)30-13-11-29(12-14-30)21(2)32)19-31(18-24)27(34)28-17-22-8-4-3-5-9-22/h3-10,15,24-25H,11-14,16-19H2,1-2H3,(H,28,34). The number of urea groups is 1. The molecular weight excluding hydrogens is 428 g/mol. The Balaban J connectivity index is 1.47. The Morgan fingerprint density at radius 3 is 2.26 bits per heavy atom. The first-order valence-corrected chi connectivity index (χ1v) is 12.1. The van der Waals surface area contributed by atoms with Gasteiger partial charge in [-0.3, -0.25) is 9.59 Å². The van der Waals surface area contributed by atoms with E-state index in [2.05, 4.69) is 30.4 Å². The normalized spacial score (nSPS) is 20.7. The van der Waals surface area contributed by atoms with Crippen LogP contribution in [0.25, 0.3) is 0 Å². The first-order valence-electron chi connectivity index (χ1n) is 12.1. The van der Waals surface area contributed by atoms with Gasteiger partial charge in [-0.15, -0.1) is 0 Å². The summed E-state index contributed by atoms with van der Waals surface area (Å²) in [6.07, 6.45) is 0.720. The topological polar surface area (TPSA) is 73.0 Å². The van der Waals surface area contributed by atoms with E-state index in [0.717, 1.165) is 12.0 Å². The maximum Gasteiger partial charge on any atom is 0.317 e. The number of nitrogens with one attached hydrogen (secondary N) is 1. The lowest BCUT2D eigenvalue weighted by Crippen LogP contribution is -2.55. The Labute approximate surface area is 201 Å². The Morgan fingerprint density at radius 2 is 1.59 bits per heavy atom. The minimum absolute atomic E-state index is 0.0468. The lowest BCUT2D eigenvalue weighted by Gasteiger charge is -2.41. The first kappa shape index (κ1) is 23.8. The highest BCUT2D eigenvalue weighted by atomic mass is 16.2. The Hall–Kier alpha value is -3.35. The van der Waals surface area contributed by atoms with E-state index in [1.54, 1.807) is 16.7 Å². The van der Waals surface area contributed by atoms with Gasteiger partial charge in [0, 0.05) is 58.7 Å². The Morgan fingerprint density at radius 1 is 0.882 bits per heavy atom. The van der Waals surface area contributed by atoms with Gasteiger partial charge in [0.05, 0.1) is 5.92 Å². The molecule has 2 aliphatic rings. The van der Waals surface area contributed by atoms with Gasteiger partial charge in [0.2, 0.25) is 11.8 Å². The molecule has 0 aliphatic carbocycles. The van der Waals surface area contributed by atoms with Crippen LogP contribution in [0.1, 0.15) is 36.0 Å². The molecule has 2 atom stereocenters. The zero-order valence-corrected chi connectivity index (χ0v) is 20.1. The number of hydrogen-bond donors (Lipinski definition) is 1. The van der Waals surface area contributed by atoms with Crippen molar-refractivity contribution in [3.05, 3.63) is 71.3 Å². The van der Waals surface area contributed by atoms with E-state index in [1.165, 1.54) is 11.1 Å². The predicted octanol–water partition coefficient (Wildman–Crippen LogP) is 3.00. The highest BCUT2D eigenvalue weighted by molar-refractivity contribution is 5.82. The number of carbonyl (C=O) groups excluding carboxylic acids is 3. The maximum absolute atomic E-state index is 13.5. The first-order chi connectivity index (χ1) is 16.4. The molecule has 0 bridgehead atoms. The summed E-state index contributed by atoms with van der Waals surface area (Å²) in [7, 11) is 0. The van der Waals surface area contributed by atoms with Gasteiger partial charge in [-0.2, -0.15) is 0 Å². The molecule has 0 saturated carbocycles. The maximum atomic E-state index is 13.5. The number of amides is 4. The van der Waals surface area contributed by atoms with Crippen molar-refractivity contribution in [2.45, 2.75) is 32.7 Å². The minimum atomic E-state index is -0.259. The van der Waals surface area contributed by atoms with E-state index in [1.807, 2.05) is 41.3 Å². The molecule has 2 fully saturated rings. The SMILES string of the molecule is CC(=O)N1CCN(C(=O)C2CC(c3cccc(C)c3)CN(C(=O)NCc3ccccc3)C2)CC1. The molecule has 1 N–H and O–H groups in total. The van der Waals surface area contributed by atoms with Crippen molar-refractivity contribution in [1.82, 2.24) is 20.0 Å². The van der Waals surface area contributed by atoms with Crippen LogP contribution in [0.3, 0.4) is 0 Å². The average molecular weight is 463 g/mol. The number of carbonyl (C=O) groups is 3. The molecule has 0 aromatic heterocycles. The molecule has 0 spiro atoms. The predicted molar refractivity (Wildman–Crippen MR) is 131 cm³/mol. The second kappa shape index (κ2) is 10.7. The number of nitrogens with zero attached hydrogens (tertiary/aromatic N) is 3. The van der Waals surface area contributed by atoms with Crippen molar-refractivity contribution in [2.75, 3.05) is 39.3 Å². The third-order valence-electron chi connectivity index (χ3n) is 6.92. The Kier molecular flexibility index (Phi) is 7.50. The molecule has 2 saturated heterocycles. The zero-order valence-electron chi connectivity index (χ0n) is 20.1. The molecule has 4 amide bonds. The van der Waals surface area contributed by atoms with Crippen LogP contribution >= 0.6 is 0 Å². The molecule has 180 valence electrons. The molecular formula is C27H34N4O3. The van der Waals surface area contributed by atoms with Gasteiger partial charge in [-0.25, -0.2) is 4.79 Å². The molecule has 2 heterocycles. The van der Waals surface area contributed by atoms with E-state index >= 15 is 0 Å². The average Bonchev–Trinajstić information content (AvgIpc) is 2.87. The summed E-state index contributed by atoms with van der Waals surface area (Å²) in [4.78, 5) is 43.7. The third kappa shape index (κ3) is 5.76. The van der Waals surface area contributed by atoms with Gasteiger partial charge >= 0.3 is 6.03 Å². The van der Waals surface area contributed by atoms with Crippen molar-refractivity contribution in [2.24, 2.45) is 5.92 Å². The minimum Gasteiger partial charge on any atom is -0.339 e. The number of aryl methyl sites for hydroxylation is 1. The molecule has 2 aromatic carbocycles. The fourth-order valence-electron chi connectivity index (χ4n) is 4.99. The van der Waals surface area contributed by atoms with Gasteiger partial charge in [0.15, 0.2) is 0 Å². The quantitative estimate of drug-likeness (QED) is 0.759. The smallest absolute Gasteiger partial charge is 0.317 e. The monoisotopic (exact) mass is 462 g/mol. The van der Waals surface area contributed by atoms with Crippen LogP contribution in [-0.2, 0) is 16.1 Å². The third-order valence-corrected chi connectivity index (χ3v) is 6.92. The van der Waals surface area contributed by atoms with Crippen LogP contribution in [0.15, 0.2) is 54.6 Å². The van der Waals surface area contributed by atoms with Crippen LogP contribution in [0.5, 0.6) is 0 Å². The highest BCUT2D eigenvalue weighted by Gasteiger charge is 2.37. The molecule has 7 heteroatoms. The van der Waals surface area contributed by atoms with Crippen LogP contribution in [-0.4, -0.2) is 71.8 Å². The van der Waals surface area contributed by atoms with E-state index < -0.39 is 0 Å². The molecule has 2 aliphatic heterocycles. The summed E-state index contributed by atoms with van der Waals surface area (Å²) in [6.45, 7) is 7.31.